The number of benzene rings is 1. The zero-order valence-corrected chi connectivity index (χ0v) is 9.22. The first-order valence-electron chi connectivity index (χ1n) is 3.30. The molecule has 2 aromatic rings. The Labute approximate surface area is 79.4 Å². The van der Waals surface area contributed by atoms with E-state index in [1.807, 2.05) is 0 Å². The summed E-state index contributed by atoms with van der Waals surface area (Å²) >= 11 is 1.69. The van der Waals surface area contributed by atoms with Gasteiger partial charge in [0.1, 0.15) is 0 Å². The van der Waals surface area contributed by atoms with E-state index in [1.165, 1.54) is 12.0 Å². The molecule has 0 aliphatic rings. The zero-order valence-electron chi connectivity index (χ0n) is 6.07. The van der Waals surface area contributed by atoms with Gasteiger partial charge >= 0.3 is 79.7 Å². The fourth-order valence-electron chi connectivity index (χ4n) is 0.938. The van der Waals surface area contributed by atoms with Crippen LogP contribution in [0.4, 0.5) is 0 Å². The van der Waals surface area contributed by atoms with Gasteiger partial charge in [0.25, 0.3) is 0 Å². The normalized spacial score (nSPS) is 10.6. The van der Waals surface area contributed by atoms with Crippen LogP contribution in [0.3, 0.4) is 0 Å². The first kappa shape index (κ1) is 7.67. The molecule has 1 aromatic carbocycles. The van der Waals surface area contributed by atoms with Crippen LogP contribution in [-0.4, -0.2) is 31.7 Å². The molecule has 0 aliphatic carbocycles. The van der Waals surface area contributed by atoms with Crippen molar-refractivity contribution in [1.82, 2.24) is 4.98 Å². The number of hydrogen-bond acceptors (Lipinski definition) is 2. The third-order valence-electron chi connectivity index (χ3n) is 1.45. The summed E-state index contributed by atoms with van der Waals surface area (Å²) < 4.78 is 2.85. The van der Waals surface area contributed by atoms with Crippen LogP contribution in [0.5, 0.6) is 0 Å². The van der Waals surface area contributed by atoms with Gasteiger partial charge in [0.05, 0.1) is 0 Å². The second-order valence-corrected chi connectivity index (χ2v) is 6.70. The minimum atomic E-state index is -0.104. The molecular formula is C8H7NSTe. The molecule has 1 aromatic heterocycles. The van der Waals surface area contributed by atoms with Crippen molar-refractivity contribution in [3.63, 3.8) is 0 Å². The Balaban J connectivity index is 2.69. The summed E-state index contributed by atoms with van der Waals surface area (Å²) in [5, 5.41) is 0. The van der Waals surface area contributed by atoms with Crippen LogP contribution >= 0.6 is 11.8 Å². The third kappa shape index (κ3) is 1.46. The van der Waals surface area contributed by atoms with E-state index in [9.17, 15) is 0 Å². The molecule has 0 saturated carbocycles. The van der Waals surface area contributed by atoms with E-state index in [1.54, 1.807) is 11.8 Å². The molecule has 0 saturated heterocycles. The molecule has 1 heterocycles. The second kappa shape index (κ2) is 3.18. The third-order valence-corrected chi connectivity index (χ3v) is 6.25. The molecule has 3 heteroatoms. The quantitative estimate of drug-likeness (QED) is 0.584. The molecular weight excluding hydrogens is 270 g/mol. The van der Waals surface area contributed by atoms with Crippen LogP contribution in [0.2, 0.25) is 0 Å². The monoisotopic (exact) mass is 279 g/mol. The predicted molar refractivity (Wildman–Crippen MR) is 50.5 cm³/mol. The van der Waals surface area contributed by atoms with Gasteiger partial charge in [-0.25, -0.2) is 0 Å². The van der Waals surface area contributed by atoms with E-state index in [-0.39, 0.29) is 20.4 Å². The standard InChI is InChI=1S/C8H7NSTe/c1-10-8-9-6-4-2-3-5-7(6)11-8/h2-5H,1H3. The SMILES string of the molecule is CSc1nc2ccccc2[te]1. The van der Waals surface area contributed by atoms with E-state index >= 15 is 0 Å². The van der Waals surface area contributed by atoms with Gasteiger partial charge in [0, 0.05) is 0 Å². The fourth-order valence-corrected chi connectivity index (χ4v) is 4.52. The zero-order chi connectivity index (χ0) is 7.68. The van der Waals surface area contributed by atoms with Crippen molar-refractivity contribution in [2.75, 3.05) is 6.26 Å². The Kier molecular flexibility index (Phi) is 2.22. The maximum absolute atomic E-state index is 4.51. The van der Waals surface area contributed by atoms with Gasteiger partial charge in [0.15, 0.2) is 0 Å². The van der Waals surface area contributed by atoms with E-state index < -0.39 is 0 Å². The number of fused-ring (bicyclic) bond motifs is 1. The summed E-state index contributed by atoms with van der Waals surface area (Å²) in [5.41, 5.74) is 1.21. The number of para-hydroxylation sites is 1. The summed E-state index contributed by atoms with van der Waals surface area (Å²) in [6, 6.07) is 8.45. The molecule has 0 aliphatic heterocycles. The molecule has 2 rings (SSSR count). The van der Waals surface area contributed by atoms with Gasteiger partial charge in [0.2, 0.25) is 0 Å². The topological polar surface area (TPSA) is 12.9 Å². The molecule has 0 spiro atoms. The van der Waals surface area contributed by atoms with Crippen LogP contribution in [0.15, 0.2) is 27.3 Å². The summed E-state index contributed by atoms with van der Waals surface area (Å²) in [4.78, 5) is 4.51. The molecule has 0 amide bonds. The van der Waals surface area contributed by atoms with Crippen molar-refractivity contribution >= 4 is 41.1 Å². The summed E-state index contributed by atoms with van der Waals surface area (Å²) in [6.45, 7) is 0. The number of hydrogen-bond donors (Lipinski definition) is 0. The predicted octanol–water partition coefficient (Wildman–Crippen LogP) is 2.01. The first-order chi connectivity index (χ1) is 5.40. The van der Waals surface area contributed by atoms with Crippen LogP contribution in [0, 0.1) is 0 Å². The van der Waals surface area contributed by atoms with Gasteiger partial charge in [-0.1, -0.05) is 0 Å². The molecule has 11 heavy (non-hydrogen) atoms. The van der Waals surface area contributed by atoms with Crippen molar-refractivity contribution in [2.45, 2.75) is 3.04 Å². The van der Waals surface area contributed by atoms with E-state index in [4.69, 9.17) is 0 Å². The maximum atomic E-state index is 4.51. The molecule has 0 fully saturated rings. The number of rotatable bonds is 1. The van der Waals surface area contributed by atoms with Crippen LogP contribution in [0.25, 0.3) is 8.92 Å². The van der Waals surface area contributed by atoms with E-state index in [2.05, 4.69) is 35.5 Å². The average Bonchev–Trinajstić information content (AvgIpc) is 2.46. The van der Waals surface area contributed by atoms with Gasteiger partial charge in [-0.3, -0.25) is 0 Å². The summed E-state index contributed by atoms with van der Waals surface area (Å²) in [7, 11) is 0. The van der Waals surface area contributed by atoms with Crippen molar-refractivity contribution < 1.29 is 0 Å². The Hall–Kier alpha value is 0.0296. The van der Waals surface area contributed by atoms with Crippen molar-refractivity contribution in [3.8, 4) is 0 Å². The Morgan fingerprint density at radius 1 is 1.36 bits per heavy atom. The number of thioether (sulfide) groups is 1. The second-order valence-electron chi connectivity index (χ2n) is 2.15. The Morgan fingerprint density at radius 2 is 2.18 bits per heavy atom. The molecule has 0 N–H and O–H groups in total. The van der Waals surface area contributed by atoms with Gasteiger partial charge in [-0.15, -0.1) is 0 Å². The Morgan fingerprint density at radius 3 is 2.91 bits per heavy atom. The summed E-state index contributed by atoms with van der Waals surface area (Å²) in [6.07, 6.45) is 2.11. The molecule has 56 valence electrons. The van der Waals surface area contributed by atoms with Gasteiger partial charge in [-0.2, -0.15) is 0 Å². The molecule has 0 atom stereocenters. The Bertz CT molecular complexity index is 336. The first-order valence-corrected chi connectivity index (χ1v) is 6.85. The molecule has 0 bridgehead atoms. The van der Waals surface area contributed by atoms with Crippen LogP contribution < -0.4 is 0 Å². The van der Waals surface area contributed by atoms with Crippen molar-refractivity contribution in [3.05, 3.63) is 24.3 Å². The van der Waals surface area contributed by atoms with Crippen LogP contribution in [-0.2, 0) is 0 Å². The summed E-state index contributed by atoms with van der Waals surface area (Å²) in [5.74, 6) is 0. The molecule has 1 nitrogen and oxygen atoms in total. The van der Waals surface area contributed by atoms with Crippen molar-refractivity contribution in [1.29, 1.82) is 0 Å². The van der Waals surface area contributed by atoms with Crippen molar-refractivity contribution in [2.24, 2.45) is 0 Å². The van der Waals surface area contributed by atoms with Gasteiger partial charge < -0.3 is 0 Å². The minimum absolute atomic E-state index is 0.104. The van der Waals surface area contributed by atoms with E-state index in [0.717, 1.165) is 0 Å². The molecule has 0 radical (unpaired) electrons. The molecule has 0 unspecified atom stereocenters. The average molecular weight is 277 g/mol. The number of nitrogens with zero attached hydrogens (tertiary/aromatic N) is 1. The van der Waals surface area contributed by atoms with Crippen LogP contribution in [0.1, 0.15) is 0 Å². The number of aromatic nitrogens is 1. The fraction of sp³-hybridized carbons (Fsp3) is 0.125. The van der Waals surface area contributed by atoms with E-state index in [0.29, 0.717) is 0 Å². The van der Waals surface area contributed by atoms with Gasteiger partial charge in [-0.05, 0) is 0 Å².